The fourth-order valence-electron chi connectivity index (χ4n) is 3.24. The summed E-state index contributed by atoms with van der Waals surface area (Å²) >= 11 is 0. The van der Waals surface area contributed by atoms with E-state index in [9.17, 15) is 0 Å². The Morgan fingerprint density at radius 2 is 1.96 bits per heavy atom. The van der Waals surface area contributed by atoms with Crippen molar-refractivity contribution in [2.75, 3.05) is 59.2 Å². The van der Waals surface area contributed by atoms with E-state index in [1.807, 2.05) is 0 Å². The highest BCUT2D eigenvalue weighted by Gasteiger charge is 2.31. The maximum Gasteiger partial charge on any atom is 0.191 e. The average molecular weight is 454 g/mol. The SMILES string of the molecule is CCCCNC(=NCC(C1CCOC1)N1CCOCC1)NCC.I. The zero-order chi connectivity index (χ0) is 16.3. The molecule has 0 saturated carbocycles. The maximum absolute atomic E-state index is 5.63. The summed E-state index contributed by atoms with van der Waals surface area (Å²) < 4.78 is 11.1. The lowest BCUT2D eigenvalue weighted by Gasteiger charge is -2.36. The zero-order valence-electron chi connectivity index (χ0n) is 15.3. The van der Waals surface area contributed by atoms with E-state index in [0.29, 0.717) is 12.0 Å². The van der Waals surface area contributed by atoms with Crippen LogP contribution in [0.25, 0.3) is 0 Å². The molecule has 2 saturated heterocycles. The number of hydrogen-bond acceptors (Lipinski definition) is 4. The molecule has 2 aliphatic heterocycles. The van der Waals surface area contributed by atoms with Crippen LogP contribution in [0.3, 0.4) is 0 Å². The highest BCUT2D eigenvalue weighted by Crippen LogP contribution is 2.22. The number of hydrogen-bond donors (Lipinski definition) is 2. The molecule has 2 rings (SSSR count). The summed E-state index contributed by atoms with van der Waals surface area (Å²) in [5, 5.41) is 6.79. The number of aliphatic imine (C=N–C) groups is 1. The molecule has 0 radical (unpaired) electrons. The van der Waals surface area contributed by atoms with E-state index >= 15 is 0 Å². The van der Waals surface area contributed by atoms with Crippen molar-refractivity contribution in [2.24, 2.45) is 10.9 Å². The van der Waals surface area contributed by atoms with E-state index in [1.165, 1.54) is 12.8 Å². The van der Waals surface area contributed by atoms with Gasteiger partial charge in [-0.1, -0.05) is 13.3 Å². The normalized spacial score (nSPS) is 23.6. The van der Waals surface area contributed by atoms with Crippen LogP contribution in [0, 0.1) is 5.92 Å². The molecule has 2 N–H and O–H groups in total. The Hall–Kier alpha value is -0.120. The molecule has 0 spiro atoms. The van der Waals surface area contributed by atoms with Gasteiger partial charge in [0, 0.05) is 44.7 Å². The minimum Gasteiger partial charge on any atom is -0.381 e. The summed E-state index contributed by atoms with van der Waals surface area (Å²) in [6.45, 7) is 12.5. The molecule has 0 aliphatic carbocycles. The van der Waals surface area contributed by atoms with Crippen LogP contribution in [0.2, 0.25) is 0 Å². The fourth-order valence-corrected chi connectivity index (χ4v) is 3.24. The van der Waals surface area contributed by atoms with Gasteiger partial charge in [-0.3, -0.25) is 9.89 Å². The van der Waals surface area contributed by atoms with Gasteiger partial charge in [0.05, 0.1) is 26.4 Å². The number of nitrogens with zero attached hydrogens (tertiary/aromatic N) is 2. The molecule has 142 valence electrons. The smallest absolute Gasteiger partial charge is 0.191 e. The van der Waals surface area contributed by atoms with Crippen LogP contribution in [0.1, 0.15) is 33.1 Å². The number of unbranched alkanes of at least 4 members (excludes halogenated alkanes) is 1. The third kappa shape index (κ3) is 7.41. The number of nitrogens with one attached hydrogen (secondary N) is 2. The van der Waals surface area contributed by atoms with Crippen molar-refractivity contribution in [2.45, 2.75) is 39.2 Å². The first-order chi connectivity index (χ1) is 11.3. The molecule has 0 aromatic carbocycles. The standard InChI is InChI=1S/C17H34N4O2.HI/c1-3-5-7-19-17(18-4-2)20-13-16(15-6-10-23-14-15)21-8-11-22-12-9-21;/h15-16H,3-14H2,1-2H3,(H2,18,19,20);1H. The Labute approximate surface area is 164 Å². The lowest BCUT2D eigenvalue weighted by Crippen LogP contribution is -2.49. The second kappa shape index (κ2) is 13.1. The largest absolute Gasteiger partial charge is 0.381 e. The van der Waals surface area contributed by atoms with Gasteiger partial charge in [0.15, 0.2) is 5.96 Å². The Kier molecular flexibility index (Phi) is 12.0. The summed E-state index contributed by atoms with van der Waals surface area (Å²) in [5.41, 5.74) is 0. The van der Waals surface area contributed by atoms with E-state index in [-0.39, 0.29) is 24.0 Å². The Morgan fingerprint density at radius 1 is 1.17 bits per heavy atom. The quantitative estimate of drug-likeness (QED) is 0.253. The Bertz CT molecular complexity index is 345. The van der Waals surface area contributed by atoms with Gasteiger partial charge >= 0.3 is 0 Å². The maximum atomic E-state index is 5.63. The van der Waals surface area contributed by atoms with Gasteiger partial charge in [0.25, 0.3) is 0 Å². The molecule has 2 aliphatic rings. The highest BCUT2D eigenvalue weighted by molar-refractivity contribution is 14.0. The molecule has 24 heavy (non-hydrogen) atoms. The molecule has 2 fully saturated rings. The topological polar surface area (TPSA) is 58.1 Å². The average Bonchev–Trinajstić information content (AvgIpc) is 3.10. The molecular weight excluding hydrogens is 419 g/mol. The van der Waals surface area contributed by atoms with Crippen molar-refractivity contribution in [3.8, 4) is 0 Å². The molecule has 6 nitrogen and oxygen atoms in total. The van der Waals surface area contributed by atoms with Crippen molar-refractivity contribution in [1.29, 1.82) is 0 Å². The third-order valence-electron chi connectivity index (χ3n) is 4.63. The zero-order valence-corrected chi connectivity index (χ0v) is 17.6. The molecule has 0 amide bonds. The molecule has 2 heterocycles. The van der Waals surface area contributed by atoms with Gasteiger partial charge in [-0.15, -0.1) is 24.0 Å². The van der Waals surface area contributed by atoms with Crippen LogP contribution in [-0.4, -0.2) is 76.1 Å². The molecule has 2 atom stereocenters. The van der Waals surface area contributed by atoms with Gasteiger partial charge in [0.2, 0.25) is 0 Å². The van der Waals surface area contributed by atoms with Crippen molar-refractivity contribution in [3.63, 3.8) is 0 Å². The predicted octanol–water partition coefficient (Wildman–Crippen LogP) is 1.70. The molecule has 2 unspecified atom stereocenters. The van der Waals surface area contributed by atoms with Crippen LogP contribution in [-0.2, 0) is 9.47 Å². The van der Waals surface area contributed by atoms with Crippen molar-refractivity contribution >= 4 is 29.9 Å². The van der Waals surface area contributed by atoms with Gasteiger partial charge < -0.3 is 20.1 Å². The minimum absolute atomic E-state index is 0. The molecule has 0 aromatic heterocycles. The first-order valence-electron chi connectivity index (χ1n) is 9.26. The third-order valence-corrected chi connectivity index (χ3v) is 4.63. The summed E-state index contributed by atoms with van der Waals surface area (Å²) in [4.78, 5) is 7.41. The Morgan fingerprint density at radius 3 is 2.58 bits per heavy atom. The number of rotatable bonds is 8. The van der Waals surface area contributed by atoms with E-state index in [0.717, 1.165) is 71.5 Å². The molecule has 0 aromatic rings. The number of guanidine groups is 1. The number of ether oxygens (including phenoxy) is 2. The van der Waals surface area contributed by atoms with Crippen LogP contribution in [0.15, 0.2) is 4.99 Å². The van der Waals surface area contributed by atoms with Crippen molar-refractivity contribution < 1.29 is 9.47 Å². The van der Waals surface area contributed by atoms with Gasteiger partial charge in [-0.2, -0.15) is 0 Å². The number of morpholine rings is 1. The van der Waals surface area contributed by atoms with E-state index in [4.69, 9.17) is 14.5 Å². The molecular formula is C17H35IN4O2. The van der Waals surface area contributed by atoms with Crippen LogP contribution in [0.4, 0.5) is 0 Å². The van der Waals surface area contributed by atoms with Gasteiger partial charge in [0.1, 0.15) is 0 Å². The summed E-state index contributed by atoms with van der Waals surface area (Å²) in [6.07, 6.45) is 3.52. The van der Waals surface area contributed by atoms with Crippen LogP contribution in [0.5, 0.6) is 0 Å². The van der Waals surface area contributed by atoms with E-state index in [1.54, 1.807) is 0 Å². The van der Waals surface area contributed by atoms with Gasteiger partial charge in [-0.05, 0) is 19.8 Å². The van der Waals surface area contributed by atoms with Crippen LogP contribution < -0.4 is 10.6 Å². The lowest BCUT2D eigenvalue weighted by atomic mass is 9.97. The summed E-state index contributed by atoms with van der Waals surface area (Å²) in [6, 6.07) is 0.461. The van der Waals surface area contributed by atoms with Crippen LogP contribution >= 0.6 is 24.0 Å². The predicted molar refractivity (Wildman–Crippen MR) is 109 cm³/mol. The first-order valence-corrected chi connectivity index (χ1v) is 9.26. The van der Waals surface area contributed by atoms with Crippen molar-refractivity contribution in [3.05, 3.63) is 0 Å². The summed E-state index contributed by atoms with van der Waals surface area (Å²) in [5.74, 6) is 1.54. The minimum atomic E-state index is 0. The summed E-state index contributed by atoms with van der Waals surface area (Å²) in [7, 11) is 0. The first kappa shape index (κ1) is 21.9. The monoisotopic (exact) mass is 454 g/mol. The van der Waals surface area contributed by atoms with Crippen molar-refractivity contribution in [1.82, 2.24) is 15.5 Å². The Balaban J connectivity index is 0.00000288. The fraction of sp³-hybridized carbons (Fsp3) is 0.941. The number of halogens is 1. The van der Waals surface area contributed by atoms with Gasteiger partial charge in [-0.25, -0.2) is 0 Å². The second-order valence-electron chi connectivity index (χ2n) is 6.34. The van der Waals surface area contributed by atoms with E-state index in [2.05, 4.69) is 29.4 Å². The second-order valence-corrected chi connectivity index (χ2v) is 6.34. The highest BCUT2D eigenvalue weighted by atomic mass is 127. The molecule has 0 bridgehead atoms. The lowest BCUT2D eigenvalue weighted by molar-refractivity contribution is 0.00368. The van der Waals surface area contributed by atoms with E-state index < -0.39 is 0 Å². The molecule has 7 heteroatoms.